The first-order valence-corrected chi connectivity index (χ1v) is 7.85. The van der Waals surface area contributed by atoms with Crippen LogP contribution in [0.3, 0.4) is 0 Å². The van der Waals surface area contributed by atoms with Crippen molar-refractivity contribution < 1.29 is 72.2 Å². The van der Waals surface area contributed by atoms with Crippen LogP contribution in [0.15, 0.2) is 12.7 Å². The van der Waals surface area contributed by atoms with Crippen molar-refractivity contribution in [2.24, 2.45) is 0 Å². The molecule has 0 aliphatic carbocycles. The van der Waals surface area contributed by atoms with Gasteiger partial charge in [0.2, 0.25) is 0 Å². The normalized spacial score (nSPS) is 21.2. The van der Waals surface area contributed by atoms with Gasteiger partial charge < -0.3 is 77.9 Å². The van der Waals surface area contributed by atoms with Crippen LogP contribution >= 0.6 is 7.82 Å². The van der Waals surface area contributed by atoms with E-state index in [2.05, 4.69) is 19.5 Å². The van der Waals surface area contributed by atoms with Crippen LogP contribution in [0.4, 0.5) is 5.82 Å². The molecular formula is C10H26BaN5O14P. The third kappa shape index (κ3) is 9.57. The Balaban J connectivity index is -0.000000195. The number of aliphatic hydroxyl groups excluding tert-OH is 2. The van der Waals surface area contributed by atoms with E-state index in [9.17, 15) is 24.6 Å². The number of phosphoric ester groups is 1. The second-order valence-corrected chi connectivity index (χ2v) is 6.02. The van der Waals surface area contributed by atoms with Gasteiger partial charge in [0.15, 0.2) is 17.7 Å². The van der Waals surface area contributed by atoms with Crippen LogP contribution in [0.5, 0.6) is 0 Å². The number of hydrogen-bond acceptors (Lipinski definition) is 11. The molecule has 0 radical (unpaired) electrons. The number of fused-ring (bicyclic) bond motifs is 1. The van der Waals surface area contributed by atoms with Crippen LogP contribution in [0.1, 0.15) is 6.23 Å². The number of nitrogens with two attached hydrogens (primary N) is 1. The van der Waals surface area contributed by atoms with Gasteiger partial charge in [-0.2, -0.15) is 0 Å². The molecule has 4 atom stereocenters. The predicted molar refractivity (Wildman–Crippen MR) is 100 cm³/mol. The molecule has 19 nitrogen and oxygen atoms in total. The summed E-state index contributed by atoms with van der Waals surface area (Å²) in [5.41, 5.74) is 6.19. The van der Waals surface area contributed by atoms with Crippen molar-refractivity contribution >= 4 is 73.7 Å². The third-order valence-electron chi connectivity index (χ3n) is 3.40. The number of phosphoric acid groups is 1. The molecule has 2 aromatic heterocycles. The zero-order valence-electron chi connectivity index (χ0n) is 15.6. The van der Waals surface area contributed by atoms with E-state index in [4.69, 9.17) is 10.5 Å². The van der Waals surface area contributed by atoms with E-state index in [1.54, 1.807) is 0 Å². The molecule has 21 heteroatoms. The first kappa shape index (κ1) is 44.3. The SMILES string of the molecule is Nc1ncnc2c1ncn2[C@@H]1O[C@H](COP(=O)([O-])[O-])[C@@H](O)[C@H]1O.O.O.O.O.O.O.O.[Ba+2]. The van der Waals surface area contributed by atoms with Crippen molar-refractivity contribution in [3.8, 4) is 0 Å². The third-order valence-corrected chi connectivity index (χ3v) is 3.86. The summed E-state index contributed by atoms with van der Waals surface area (Å²) in [5.74, 6) is 0.125. The van der Waals surface area contributed by atoms with Gasteiger partial charge >= 0.3 is 48.9 Å². The molecule has 18 N–H and O–H groups in total. The number of ether oxygens (including phenoxy) is 1. The van der Waals surface area contributed by atoms with Gasteiger partial charge in [0.05, 0.1) is 20.8 Å². The van der Waals surface area contributed by atoms with Crippen LogP contribution in [-0.2, 0) is 13.8 Å². The smallest absolute Gasteiger partial charge is 0.790 e. The monoisotopic (exact) mass is 609 g/mol. The fourth-order valence-electron chi connectivity index (χ4n) is 2.32. The molecule has 2 aromatic rings. The number of anilines is 1. The number of imidazole rings is 1. The van der Waals surface area contributed by atoms with E-state index in [1.165, 1.54) is 17.2 Å². The number of aliphatic hydroxyl groups is 2. The zero-order valence-corrected chi connectivity index (χ0v) is 21.0. The van der Waals surface area contributed by atoms with Crippen molar-refractivity contribution in [1.82, 2.24) is 19.5 Å². The molecule has 3 rings (SSSR count). The van der Waals surface area contributed by atoms with Crippen molar-refractivity contribution in [1.29, 1.82) is 0 Å². The predicted octanol–water partition coefficient (Wildman–Crippen LogP) is -9.28. The minimum absolute atomic E-state index is 0. The number of rotatable bonds is 4. The van der Waals surface area contributed by atoms with Gasteiger partial charge in [-0.15, -0.1) is 0 Å². The average molecular weight is 609 g/mol. The van der Waals surface area contributed by atoms with E-state index in [0.717, 1.165) is 0 Å². The summed E-state index contributed by atoms with van der Waals surface area (Å²) >= 11 is 0. The van der Waals surface area contributed by atoms with E-state index in [1.807, 2.05) is 0 Å². The van der Waals surface area contributed by atoms with Crippen LogP contribution in [0.2, 0.25) is 0 Å². The van der Waals surface area contributed by atoms with Gasteiger partial charge in [0.25, 0.3) is 0 Å². The van der Waals surface area contributed by atoms with E-state index in [0.29, 0.717) is 0 Å². The van der Waals surface area contributed by atoms with Crippen LogP contribution in [0.25, 0.3) is 11.2 Å². The first-order chi connectivity index (χ1) is 10.8. The van der Waals surface area contributed by atoms with Gasteiger partial charge in [-0.25, -0.2) is 15.0 Å². The van der Waals surface area contributed by atoms with E-state index in [-0.39, 0.29) is 104 Å². The Kier molecular flexibility index (Phi) is 24.5. The van der Waals surface area contributed by atoms with E-state index >= 15 is 0 Å². The molecule has 0 bridgehead atoms. The number of aromatic nitrogens is 4. The molecule has 0 aromatic carbocycles. The molecular weight excluding hydrogens is 582 g/mol. The van der Waals surface area contributed by atoms with Crippen molar-refractivity contribution in [2.45, 2.75) is 24.5 Å². The van der Waals surface area contributed by atoms with E-state index < -0.39 is 39.0 Å². The summed E-state index contributed by atoms with van der Waals surface area (Å²) < 4.78 is 21.3. The summed E-state index contributed by atoms with van der Waals surface area (Å²) in [4.78, 5) is 32.8. The summed E-state index contributed by atoms with van der Waals surface area (Å²) in [6.07, 6.45) is -2.75. The average Bonchev–Trinajstić information content (AvgIpc) is 3.01. The molecule has 1 aliphatic rings. The largest absolute Gasteiger partial charge is 2.00 e. The standard InChI is InChI=1S/C10H14N5O7P.Ba.7H2O/c11-8-5-9(13-2-12-8)15(3-14-5)10-7(17)6(16)4(22-10)1-21-23(18,19)20;;;;;;;;/h2-4,6-7,10,16-17H,1H2,(H2,11,12,13)(H2,18,19,20);;7*1H2/q;+2;;;;;;;/p-2/t4-,6-,7-,10-;;;;;;;;/m1......../s1. The maximum Gasteiger partial charge on any atom is 2.00 e. The summed E-state index contributed by atoms with van der Waals surface area (Å²) in [7, 11) is -5.22. The maximum atomic E-state index is 10.5. The van der Waals surface area contributed by atoms with Gasteiger partial charge in [-0.1, -0.05) is 0 Å². The summed E-state index contributed by atoms with van der Waals surface area (Å²) in [6, 6.07) is 0. The second kappa shape index (κ2) is 17.2. The minimum Gasteiger partial charge on any atom is -0.790 e. The summed E-state index contributed by atoms with van der Waals surface area (Å²) in [5, 5.41) is 20.0. The van der Waals surface area contributed by atoms with Gasteiger partial charge in [0.1, 0.15) is 30.2 Å². The number of nitrogen functional groups attached to an aromatic ring is 1. The Hall–Kier alpha value is -0.369. The van der Waals surface area contributed by atoms with Gasteiger partial charge in [-0.3, -0.25) is 4.57 Å². The number of hydrogen-bond donors (Lipinski definition) is 3. The Morgan fingerprint density at radius 2 is 1.61 bits per heavy atom. The molecule has 1 fully saturated rings. The first-order valence-electron chi connectivity index (χ1n) is 6.39. The fourth-order valence-corrected chi connectivity index (χ4v) is 2.65. The fraction of sp³-hybridized carbons (Fsp3) is 0.500. The molecule has 182 valence electrons. The minimum atomic E-state index is -5.22. The van der Waals surface area contributed by atoms with Crippen molar-refractivity contribution in [3.63, 3.8) is 0 Å². The topological polar surface area (TPSA) is 412 Å². The van der Waals surface area contributed by atoms with Crippen molar-refractivity contribution in [3.05, 3.63) is 12.7 Å². The molecule has 0 saturated carbocycles. The number of nitrogens with zero attached hydrogens (tertiary/aromatic N) is 4. The zero-order chi connectivity index (χ0) is 16.8. The molecule has 31 heavy (non-hydrogen) atoms. The van der Waals surface area contributed by atoms with Crippen LogP contribution < -0.4 is 15.5 Å². The maximum absolute atomic E-state index is 10.5. The Morgan fingerprint density at radius 3 is 2.13 bits per heavy atom. The molecule has 0 unspecified atom stereocenters. The molecule has 0 amide bonds. The van der Waals surface area contributed by atoms with Gasteiger partial charge in [-0.05, 0) is 0 Å². The Labute approximate surface area is 213 Å². The molecule has 1 aliphatic heterocycles. The van der Waals surface area contributed by atoms with Crippen LogP contribution in [0, 0.1) is 0 Å². The van der Waals surface area contributed by atoms with Crippen molar-refractivity contribution in [2.75, 3.05) is 12.3 Å². The second-order valence-electron chi connectivity index (χ2n) is 4.87. The molecule has 1 saturated heterocycles. The summed E-state index contributed by atoms with van der Waals surface area (Å²) in [6.45, 7) is -0.719. The molecule has 0 spiro atoms. The molecule has 3 heterocycles. The van der Waals surface area contributed by atoms with Gasteiger partial charge in [0, 0.05) is 0 Å². The Morgan fingerprint density at radius 1 is 1.06 bits per heavy atom. The quantitative estimate of drug-likeness (QED) is 0.216. The van der Waals surface area contributed by atoms with Crippen LogP contribution in [-0.4, -0.2) is 142 Å². The Bertz CT molecular complexity index is 779.